The second kappa shape index (κ2) is 3.83. The Morgan fingerprint density at radius 1 is 1.60 bits per heavy atom. The van der Waals surface area contributed by atoms with Gasteiger partial charge in [-0.15, -0.1) is 0 Å². The molecule has 0 saturated carbocycles. The van der Waals surface area contributed by atoms with Gasteiger partial charge in [-0.2, -0.15) is 0 Å². The normalized spacial score (nSPS) is 10.5. The highest BCUT2D eigenvalue weighted by molar-refractivity contribution is 5.11. The largest absolute Gasteiger partial charge is 0.264 e. The standard InChI is InChI=1S/C9H11N/c1-2-3-5-9-6-4-7-10-8-9/h2-4,6-8H,5H2,1H3/b3-2+. The summed E-state index contributed by atoms with van der Waals surface area (Å²) in [5, 5.41) is 0. The number of allylic oxidation sites excluding steroid dienone is 2. The van der Waals surface area contributed by atoms with E-state index in [1.807, 2.05) is 25.3 Å². The molecule has 1 rings (SSSR count). The van der Waals surface area contributed by atoms with Gasteiger partial charge in [0.05, 0.1) is 0 Å². The van der Waals surface area contributed by atoms with Crippen molar-refractivity contribution < 1.29 is 0 Å². The molecule has 1 aromatic rings. The van der Waals surface area contributed by atoms with Crippen LogP contribution in [0.25, 0.3) is 0 Å². The molecule has 1 heteroatoms. The predicted octanol–water partition coefficient (Wildman–Crippen LogP) is 2.20. The van der Waals surface area contributed by atoms with E-state index in [4.69, 9.17) is 0 Å². The van der Waals surface area contributed by atoms with Crippen LogP contribution in [0.1, 0.15) is 12.5 Å². The highest BCUT2D eigenvalue weighted by Gasteiger charge is 1.84. The molecule has 0 spiro atoms. The van der Waals surface area contributed by atoms with E-state index in [-0.39, 0.29) is 0 Å². The summed E-state index contributed by atoms with van der Waals surface area (Å²) in [6, 6.07) is 4.03. The second-order valence-corrected chi connectivity index (χ2v) is 2.13. The van der Waals surface area contributed by atoms with E-state index >= 15 is 0 Å². The first-order valence-corrected chi connectivity index (χ1v) is 3.43. The van der Waals surface area contributed by atoms with Crippen LogP contribution in [0.4, 0.5) is 0 Å². The van der Waals surface area contributed by atoms with Gasteiger partial charge in [0.1, 0.15) is 0 Å². The van der Waals surface area contributed by atoms with Crippen LogP contribution in [-0.2, 0) is 6.42 Å². The van der Waals surface area contributed by atoms with E-state index in [0.717, 1.165) is 6.42 Å². The number of nitrogens with zero attached hydrogens (tertiary/aromatic N) is 1. The smallest absolute Gasteiger partial charge is 0.0303 e. The molecule has 0 radical (unpaired) electrons. The zero-order valence-corrected chi connectivity index (χ0v) is 6.12. The first-order chi connectivity index (χ1) is 4.93. The lowest BCUT2D eigenvalue weighted by Gasteiger charge is -1.91. The lowest BCUT2D eigenvalue weighted by Crippen LogP contribution is -1.80. The third-order valence-corrected chi connectivity index (χ3v) is 1.31. The van der Waals surface area contributed by atoms with Gasteiger partial charge in [-0.05, 0) is 25.0 Å². The number of hydrogen-bond donors (Lipinski definition) is 0. The van der Waals surface area contributed by atoms with Crippen molar-refractivity contribution >= 4 is 0 Å². The van der Waals surface area contributed by atoms with Gasteiger partial charge < -0.3 is 0 Å². The molecule has 0 amide bonds. The van der Waals surface area contributed by atoms with Crippen LogP contribution in [0.5, 0.6) is 0 Å². The van der Waals surface area contributed by atoms with Crippen molar-refractivity contribution in [2.24, 2.45) is 0 Å². The molecular weight excluding hydrogens is 122 g/mol. The van der Waals surface area contributed by atoms with Gasteiger partial charge in [-0.25, -0.2) is 0 Å². The molecule has 0 N–H and O–H groups in total. The Bertz CT molecular complexity index is 201. The van der Waals surface area contributed by atoms with Crippen LogP contribution in [-0.4, -0.2) is 4.98 Å². The third kappa shape index (κ3) is 2.02. The van der Waals surface area contributed by atoms with E-state index in [9.17, 15) is 0 Å². The number of rotatable bonds is 2. The molecule has 1 nitrogen and oxygen atoms in total. The zero-order chi connectivity index (χ0) is 7.23. The van der Waals surface area contributed by atoms with Crippen LogP contribution in [0.3, 0.4) is 0 Å². The minimum absolute atomic E-state index is 0.990. The van der Waals surface area contributed by atoms with E-state index in [0.29, 0.717) is 0 Å². The number of aromatic nitrogens is 1. The van der Waals surface area contributed by atoms with Crippen LogP contribution < -0.4 is 0 Å². The van der Waals surface area contributed by atoms with Gasteiger partial charge in [0, 0.05) is 12.4 Å². The van der Waals surface area contributed by atoms with Crippen molar-refractivity contribution in [1.82, 2.24) is 4.98 Å². The molecule has 0 saturated heterocycles. The first-order valence-electron chi connectivity index (χ1n) is 3.43. The van der Waals surface area contributed by atoms with Crippen LogP contribution >= 0.6 is 0 Å². The molecule has 0 aliphatic carbocycles. The predicted molar refractivity (Wildman–Crippen MR) is 42.8 cm³/mol. The molecular formula is C9H11N. The molecule has 0 aliphatic rings. The van der Waals surface area contributed by atoms with Crippen LogP contribution in [0.2, 0.25) is 0 Å². The van der Waals surface area contributed by atoms with Crippen molar-refractivity contribution in [1.29, 1.82) is 0 Å². The fourth-order valence-electron chi connectivity index (χ4n) is 0.773. The van der Waals surface area contributed by atoms with Gasteiger partial charge in [0.15, 0.2) is 0 Å². The average Bonchev–Trinajstić information content (AvgIpc) is 2.03. The summed E-state index contributed by atoms with van der Waals surface area (Å²) in [5.74, 6) is 0. The highest BCUT2D eigenvalue weighted by atomic mass is 14.6. The summed E-state index contributed by atoms with van der Waals surface area (Å²) in [4.78, 5) is 4.00. The molecule has 1 heterocycles. The van der Waals surface area contributed by atoms with Gasteiger partial charge in [-0.3, -0.25) is 4.98 Å². The summed E-state index contributed by atoms with van der Waals surface area (Å²) in [5.41, 5.74) is 1.26. The first kappa shape index (κ1) is 7.00. The fraction of sp³-hybridized carbons (Fsp3) is 0.222. The molecule has 10 heavy (non-hydrogen) atoms. The maximum absolute atomic E-state index is 4.00. The minimum Gasteiger partial charge on any atom is -0.264 e. The van der Waals surface area contributed by atoms with Gasteiger partial charge in [0.2, 0.25) is 0 Å². The lowest BCUT2D eigenvalue weighted by molar-refractivity contribution is 1.19. The molecule has 0 aromatic carbocycles. The summed E-state index contributed by atoms with van der Waals surface area (Å²) < 4.78 is 0. The summed E-state index contributed by atoms with van der Waals surface area (Å²) in [6.07, 6.45) is 8.84. The monoisotopic (exact) mass is 133 g/mol. The molecule has 0 aliphatic heterocycles. The summed E-state index contributed by atoms with van der Waals surface area (Å²) in [6.45, 7) is 2.02. The molecule has 52 valence electrons. The van der Waals surface area contributed by atoms with Crippen molar-refractivity contribution in [3.63, 3.8) is 0 Å². The Balaban J connectivity index is 2.59. The molecule has 0 atom stereocenters. The van der Waals surface area contributed by atoms with E-state index < -0.39 is 0 Å². The molecule has 0 unspecified atom stereocenters. The Morgan fingerprint density at radius 3 is 3.10 bits per heavy atom. The van der Waals surface area contributed by atoms with Crippen molar-refractivity contribution in [2.75, 3.05) is 0 Å². The SMILES string of the molecule is C/C=C/Cc1cccnc1. The van der Waals surface area contributed by atoms with Crippen LogP contribution in [0.15, 0.2) is 36.7 Å². The van der Waals surface area contributed by atoms with E-state index in [1.165, 1.54) is 5.56 Å². The van der Waals surface area contributed by atoms with Crippen LogP contribution in [0, 0.1) is 0 Å². The maximum Gasteiger partial charge on any atom is 0.0303 e. The average molecular weight is 133 g/mol. The Labute approximate surface area is 61.4 Å². The minimum atomic E-state index is 0.990. The lowest BCUT2D eigenvalue weighted by atomic mass is 10.2. The number of pyridine rings is 1. The molecule has 1 aromatic heterocycles. The quantitative estimate of drug-likeness (QED) is 0.563. The van der Waals surface area contributed by atoms with E-state index in [1.54, 1.807) is 6.20 Å². The topological polar surface area (TPSA) is 12.9 Å². The molecule has 0 fully saturated rings. The Kier molecular flexibility index (Phi) is 2.68. The Morgan fingerprint density at radius 2 is 2.50 bits per heavy atom. The van der Waals surface area contributed by atoms with Crippen molar-refractivity contribution in [3.05, 3.63) is 42.2 Å². The zero-order valence-electron chi connectivity index (χ0n) is 6.12. The van der Waals surface area contributed by atoms with Crippen molar-refractivity contribution in [2.45, 2.75) is 13.3 Å². The van der Waals surface area contributed by atoms with Gasteiger partial charge in [0.25, 0.3) is 0 Å². The second-order valence-electron chi connectivity index (χ2n) is 2.13. The Hall–Kier alpha value is -1.11. The van der Waals surface area contributed by atoms with Gasteiger partial charge >= 0.3 is 0 Å². The molecule has 0 bridgehead atoms. The van der Waals surface area contributed by atoms with E-state index in [2.05, 4.69) is 17.1 Å². The summed E-state index contributed by atoms with van der Waals surface area (Å²) >= 11 is 0. The van der Waals surface area contributed by atoms with Crippen molar-refractivity contribution in [3.8, 4) is 0 Å². The van der Waals surface area contributed by atoms with Gasteiger partial charge in [-0.1, -0.05) is 18.2 Å². The summed E-state index contributed by atoms with van der Waals surface area (Å²) in [7, 11) is 0. The highest BCUT2D eigenvalue weighted by Crippen LogP contribution is 1.96. The fourth-order valence-corrected chi connectivity index (χ4v) is 0.773. The third-order valence-electron chi connectivity index (χ3n) is 1.31. The maximum atomic E-state index is 4.00. The number of hydrogen-bond acceptors (Lipinski definition) is 1.